The third-order valence-corrected chi connectivity index (χ3v) is 9.95. The molecule has 1 aliphatic heterocycles. The van der Waals surface area contributed by atoms with Crippen LogP contribution in [0.5, 0.6) is 0 Å². The number of ether oxygens (including phenoxy) is 4. The Labute approximate surface area is 335 Å². The van der Waals surface area contributed by atoms with E-state index in [0.717, 1.165) is 83.5 Å². The molecule has 0 aromatic heterocycles. The topological polar surface area (TPSA) is 135 Å². The first-order valence-electron chi connectivity index (χ1n) is 22.2. The van der Waals surface area contributed by atoms with Crippen molar-refractivity contribution in [3.63, 3.8) is 0 Å². The van der Waals surface area contributed by atoms with E-state index in [-0.39, 0.29) is 19.2 Å². The Kier molecular flexibility index (Phi) is 35.1. The van der Waals surface area contributed by atoms with E-state index in [2.05, 4.69) is 62.5 Å². The molecule has 1 saturated heterocycles. The number of carbonyl (C=O) groups is 1. The number of esters is 1. The van der Waals surface area contributed by atoms with Crippen LogP contribution in [0, 0.1) is 0 Å². The van der Waals surface area contributed by atoms with E-state index in [1.54, 1.807) is 0 Å². The quantitative estimate of drug-likeness (QED) is 0.0276. The van der Waals surface area contributed by atoms with Crippen molar-refractivity contribution in [1.82, 2.24) is 0 Å². The maximum atomic E-state index is 12.7. The first-order valence-corrected chi connectivity index (χ1v) is 22.2. The summed E-state index contributed by atoms with van der Waals surface area (Å²) in [5.74, 6) is -0.331. The second-order valence-electron chi connectivity index (χ2n) is 15.1. The Hall–Kier alpha value is -1.85. The van der Waals surface area contributed by atoms with Crippen LogP contribution < -0.4 is 0 Å². The molecule has 1 fully saturated rings. The van der Waals surface area contributed by atoms with Gasteiger partial charge in [-0.15, -0.1) is 0 Å². The van der Waals surface area contributed by atoms with E-state index < -0.39 is 43.4 Å². The van der Waals surface area contributed by atoms with Crippen LogP contribution in [-0.2, 0) is 23.7 Å². The van der Waals surface area contributed by atoms with Gasteiger partial charge in [-0.25, -0.2) is 0 Å². The smallest absolute Gasteiger partial charge is 0.306 e. The van der Waals surface area contributed by atoms with Gasteiger partial charge >= 0.3 is 5.97 Å². The first-order chi connectivity index (χ1) is 26.9. The number of aliphatic hydroxyl groups excluding tert-OH is 4. The molecule has 9 heteroatoms. The summed E-state index contributed by atoms with van der Waals surface area (Å²) >= 11 is 0. The largest absolute Gasteiger partial charge is 0.457 e. The maximum absolute atomic E-state index is 12.7. The van der Waals surface area contributed by atoms with Gasteiger partial charge in [0.2, 0.25) is 0 Å². The molecule has 1 rings (SSSR count). The lowest BCUT2D eigenvalue weighted by molar-refractivity contribution is -0.305. The van der Waals surface area contributed by atoms with Crippen molar-refractivity contribution in [1.29, 1.82) is 0 Å². The number of hydrogen-bond acceptors (Lipinski definition) is 9. The predicted molar refractivity (Wildman–Crippen MR) is 224 cm³/mol. The molecule has 0 aromatic rings. The zero-order valence-corrected chi connectivity index (χ0v) is 34.9. The highest BCUT2D eigenvalue weighted by molar-refractivity contribution is 5.69. The average molecular weight is 779 g/mol. The fourth-order valence-corrected chi connectivity index (χ4v) is 6.44. The lowest BCUT2D eigenvalue weighted by atomic mass is 9.99. The summed E-state index contributed by atoms with van der Waals surface area (Å²) in [7, 11) is 0. The molecule has 320 valence electrons. The summed E-state index contributed by atoms with van der Waals surface area (Å²) in [4.78, 5) is 12.7. The molecule has 0 saturated carbocycles. The van der Waals surface area contributed by atoms with E-state index in [9.17, 15) is 25.2 Å². The van der Waals surface area contributed by atoms with Crippen molar-refractivity contribution in [2.75, 3.05) is 26.4 Å². The molecule has 6 atom stereocenters. The molecule has 0 spiro atoms. The van der Waals surface area contributed by atoms with Crippen molar-refractivity contribution in [2.45, 2.75) is 211 Å². The average Bonchev–Trinajstić information content (AvgIpc) is 3.18. The molecule has 0 aliphatic carbocycles. The Morgan fingerprint density at radius 2 is 1.09 bits per heavy atom. The number of hydrogen-bond donors (Lipinski definition) is 4. The highest BCUT2D eigenvalue weighted by Gasteiger charge is 2.44. The molecule has 4 N–H and O–H groups in total. The van der Waals surface area contributed by atoms with E-state index in [0.29, 0.717) is 13.0 Å². The van der Waals surface area contributed by atoms with Gasteiger partial charge in [-0.1, -0.05) is 146 Å². The number of rotatable bonds is 37. The van der Waals surface area contributed by atoms with Crippen LogP contribution >= 0.6 is 0 Å². The van der Waals surface area contributed by atoms with Crippen LogP contribution in [0.2, 0.25) is 0 Å². The van der Waals surface area contributed by atoms with Gasteiger partial charge in [0.1, 0.15) is 30.5 Å². The fourth-order valence-electron chi connectivity index (χ4n) is 6.44. The number of allylic oxidation sites excluding steroid dienone is 8. The highest BCUT2D eigenvalue weighted by Crippen LogP contribution is 2.22. The zero-order valence-electron chi connectivity index (χ0n) is 34.9. The zero-order chi connectivity index (χ0) is 40.0. The van der Waals surface area contributed by atoms with Gasteiger partial charge in [0, 0.05) is 13.0 Å². The molecule has 0 radical (unpaired) electrons. The molecule has 6 unspecified atom stereocenters. The van der Waals surface area contributed by atoms with Crippen molar-refractivity contribution in [3.8, 4) is 0 Å². The van der Waals surface area contributed by atoms with Gasteiger partial charge in [0.15, 0.2) is 6.29 Å². The van der Waals surface area contributed by atoms with Crippen LogP contribution in [0.1, 0.15) is 174 Å². The monoisotopic (exact) mass is 779 g/mol. The molecule has 1 aliphatic rings. The van der Waals surface area contributed by atoms with E-state index in [1.807, 2.05) is 0 Å². The van der Waals surface area contributed by atoms with Gasteiger partial charge in [-0.05, 0) is 70.6 Å². The molecule has 1 heterocycles. The van der Waals surface area contributed by atoms with Gasteiger partial charge in [-0.3, -0.25) is 4.79 Å². The highest BCUT2D eigenvalue weighted by atomic mass is 16.7. The molecule has 0 aromatic carbocycles. The summed E-state index contributed by atoms with van der Waals surface area (Å²) in [6.45, 7) is 4.44. The standard InChI is InChI=1S/C46H82O9/c1-3-5-7-9-11-13-15-16-17-18-19-20-21-22-23-24-25-26-28-30-32-34-36-52-38-40(39-53-46-45(51)44(50)43(49)41(37-47)55-46)54-42(48)35-33-31-29-27-14-12-10-8-6-4-2/h8,10,15-16,18-19,21-22,40-41,43-47,49-51H,3-7,9,11-14,17,20,23-39H2,1-2H3/b10-8-,16-15-,19-18-,22-21-. The van der Waals surface area contributed by atoms with Gasteiger partial charge in [0.25, 0.3) is 0 Å². The Morgan fingerprint density at radius 1 is 0.582 bits per heavy atom. The van der Waals surface area contributed by atoms with E-state index in [1.165, 1.54) is 70.6 Å². The number of aliphatic hydroxyl groups is 4. The second-order valence-corrected chi connectivity index (χ2v) is 15.1. The molecular formula is C46H82O9. The number of carbonyl (C=O) groups excluding carboxylic acids is 1. The Bertz CT molecular complexity index is 978. The Balaban J connectivity index is 2.23. The van der Waals surface area contributed by atoms with Gasteiger partial charge in [-0.2, -0.15) is 0 Å². The van der Waals surface area contributed by atoms with Crippen LogP contribution in [-0.4, -0.2) is 89.6 Å². The fraction of sp³-hybridized carbons (Fsp3) is 0.804. The predicted octanol–water partition coefficient (Wildman–Crippen LogP) is 9.75. The summed E-state index contributed by atoms with van der Waals surface area (Å²) in [5, 5.41) is 40.0. The minimum atomic E-state index is -1.54. The summed E-state index contributed by atoms with van der Waals surface area (Å²) in [6.07, 6.45) is 38.6. The van der Waals surface area contributed by atoms with Gasteiger partial charge in [0.05, 0.1) is 19.8 Å². The second kappa shape index (κ2) is 37.7. The molecule has 55 heavy (non-hydrogen) atoms. The molecular weight excluding hydrogens is 696 g/mol. The van der Waals surface area contributed by atoms with E-state index >= 15 is 0 Å². The summed E-state index contributed by atoms with van der Waals surface area (Å²) < 4.78 is 22.7. The summed E-state index contributed by atoms with van der Waals surface area (Å²) in [5.41, 5.74) is 0. The van der Waals surface area contributed by atoms with E-state index in [4.69, 9.17) is 18.9 Å². The molecule has 0 bridgehead atoms. The lowest BCUT2D eigenvalue weighted by Crippen LogP contribution is -2.59. The minimum absolute atomic E-state index is 0.122. The maximum Gasteiger partial charge on any atom is 0.306 e. The van der Waals surface area contributed by atoms with Crippen molar-refractivity contribution in [3.05, 3.63) is 48.6 Å². The van der Waals surface area contributed by atoms with Crippen molar-refractivity contribution >= 4 is 5.97 Å². The first kappa shape index (κ1) is 51.2. The van der Waals surface area contributed by atoms with Crippen LogP contribution in [0.15, 0.2) is 48.6 Å². The third kappa shape index (κ3) is 29.1. The van der Waals surface area contributed by atoms with Crippen molar-refractivity contribution in [2.24, 2.45) is 0 Å². The molecule has 0 amide bonds. The van der Waals surface area contributed by atoms with Gasteiger partial charge < -0.3 is 39.4 Å². The normalized spacial score (nSPS) is 21.2. The van der Waals surface area contributed by atoms with Crippen LogP contribution in [0.4, 0.5) is 0 Å². The van der Waals surface area contributed by atoms with Crippen LogP contribution in [0.3, 0.4) is 0 Å². The molecule has 9 nitrogen and oxygen atoms in total. The number of unbranched alkanes of at least 4 members (excludes halogenated alkanes) is 18. The Morgan fingerprint density at radius 3 is 1.67 bits per heavy atom. The minimum Gasteiger partial charge on any atom is -0.457 e. The lowest BCUT2D eigenvalue weighted by Gasteiger charge is -2.39. The third-order valence-electron chi connectivity index (χ3n) is 9.95. The van der Waals surface area contributed by atoms with Crippen LogP contribution in [0.25, 0.3) is 0 Å². The van der Waals surface area contributed by atoms with Crippen molar-refractivity contribution < 1.29 is 44.2 Å². The summed E-state index contributed by atoms with van der Waals surface area (Å²) in [6, 6.07) is 0. The SMILES string of the molecule is CCC/C=C\CCCCCCCC(=O)OC(COCCCCCCCCC/C=C\C/C=C\C/C=C\CCCCCCC)COC1OC(CO)C(O)C(O)C1O.